The molecule has 0 bridgehead atoms. The zero-order valence-electron chi connectivity index (χ0n) is 12.6. The number of benzene rings is 2. The van der Waals surface area contributed by atoms with E-state index in [0.717, 1.165) is 25.1 Å². The molecule has 2 nitrogen and oxygen atoms in total. The lowest BCUT2D eigenvalue weighted by Crippen LogP contribution is -2.12. The summed E-state index contributed by atoms with van der Waals surface area (Å²) >= 11 is 0. The maximum atomic E-state index is 6.03. The normalized spacial score (nSPS) is 10.3. The van der Waals surface area contributed by atoms with Crippen LogP contribution in [0.15, 0.2) is 61.2 Å². The monoisotopic (exact) mass is 281 g/mol. The van der Waals surface area contributed by atoms with Crippen LogP contribution in [0.5, 0.6) is 5.75 Å². The number of ether oxygens (including phenoxy) is 1. The molecule has 0 radical (unpaired) electrons. The van der Waals surface area contributed by atoms with E-state index in [-0.39, 0.29) is 0 Å². The molecule has 0 aliphatic heterocycles. The molecule has 0 saturated carbocycles. The quantitative estimate of drug-likeness (QED) is 0.744. The number of para-hydroxylation sites is 1. The van der Waals surface area contributed by atoms with Crippen molar-refractivity contribution in [3.8, 4) is 5.75 Å². The van der Waals surface area contributed by atoms with E-state index in [1.165, 1.54) is 16.7 Å². The van der Waals surface area contributed by atoms with Crippen LogP contribution in [-0.4, -0.2) is 13.6 Å². The van der Waals surface area contributed by atoms with Crippen molar-refractivity contribution in [2.45, 2.75) is 19.4 Å². The molecule has 21 heavy (non-hydrogen) atoms. The van der Waals surface area contributed by atoms with E-state index in [1.54, 1.807) is 0 Å². The molecule has 0 aromatic heterocycles. The average molecular weight is 281 g/mol. The molecule has 0 aliphatic rings. The Kier molecular flexibility index (Phi) is 6.04. The minimum Gasteiger partial charge on any atom is -0.489 e. The second kappa shape index (κ2) is 8.28. The summed E-state index contributed by atoms with van der Waals surface area (Å²) in [7, 11) is 1.98. The molecule has 0 atom stereocenters. The first-order valence-corrected chi connectivity index (χ1v) is 7.38. The summed E-state index contributed by atoms with van der Waals surface area (Å²) in [5.41, 5.74) is 3.77. The highest BCUT2D eigenvalue weighted by atomic mass is 16.5. The maximum absolute atomic E-state index is 6.03. The van der Waals surface area contributed by atoms with Gasteiger partial charge in [-0.2, -0.15) is 0 Å². The lowest BCUT2D eigenvalue weighted by Gasteiger charge is -2.13. The first-order chi connectivity index (χ1) is 10.3. The van der Waals surface area contributed by atoms with Crippen molar-refractivity contribution in [3.63, 3.8) is 0 Å². The Labute approximate surface area is 127 Å². The molecular weight excluding hydrogens is 258 g/mol. The van der Waals surface area contributed by atoms with Crippen LogP contribution in [-0.2, 0) is 19.4 Å². The molecule has 0 fully saturated rings. The summed E-state index contributed by atoms with van der Waals surface area (Å²) in [6.07, 6.45) is 3.75. The third kappa shape index (κ3) is 4.47. The summed E-state index contributed by atoms with van der Waals surface area (Å²) in [5.74, 6) is 0.945. The third-order valence-electron chi connectivity index (χ3n) is 3.48. The number of nitrogens with one attached hydrogen (secondary N) is 1. The van der Waals surface area contributed by atoms with E-state index in [4.69, 9.17) is 4.74 Å². The summed E-state index contributed by atoms with van der Waals surface area (Å²) in [4.78, 5) is 0. The van der Waals surface area contributed by atoms with Crippen LogP contribution < -0.4 is 10.1 Å². The summed E-state index contributed by atoms with van der Waals surface area (Å²) in [6.45, 7) is 5.38. The van der Waals surface area contributed by atoms with Gasteiger partial charge in [0.25, 0.3) is 0 Å². The highest BCUT2D eigenvalue weighted by molar-refractivity contribution is 5.35. The van der Waals surface area contributed by atoms with Gasteiger partial charge in [0, 0.05) is 0 Å². The maximum Gasteiger partial charge on any atom is 0.123 e. The molecule has 0 aliphatic carbocycles. The van der Waals surface area contributed by atoms with Gasteiger partial charge in [0.2, 0.25) is 0 Å². The SMILES string of the molecule is C=CCc1ccccc1OCc1ccccc1CCNC. The Bertz CT molecular complexity index is 577. The largest absolute Gasteiger partial charge is 0.489 e. The molecule has 0 saturated heterocycles. The van der Waals surface area contributed by atoms with Crippen LogP contribution in [0, 0.1) is 0 Å². The van der Waals surface area contributed by atoms with Gasteiger partial charge in [-0.1, -0.05) is 48.5 Å². The van der Waals surface area contributed by atoms with E-state index < -0.39 is 0 Å². The number of rotatable bonds is 8. The molecule has 110 valence electrons. The molecule has 0 unspecified atom stereocenters. The van der Waals surface area contributed by atoms with E-state index in [1.807, 2.05) is 31.3 Å². The smallest absolute Gasteiger partial charge is 0.123 e. The highest BCUT2D eigenvalue weighted by Gasteiger charge is 2.05. The zero-order valence-corrected chi connectivity index (χ0v) is 12.6. The summed E-state index contributed by atoms with van der Waals surface area (Å²) < 4.78 is 6.03. The summed E-state index contributed by atoms with van der Waals surface area (Å²) in [5, 5.41) is 3.19. The number of hydrogen-bond donors (Lipinski definition) is 1. The van der Waals surface area contributed by atoms with Gasteiger partial charge in [-0.3, -0.25) is 0 Å². The molecule has 0 amide bonds. The van der Waals surface area contributed by atoms with Gasteiger partial charge in [0.15, 0.2) is 0 Å². The molecule has 2 heteroatoms. The summed E-state index contributed by atoms with van der Waals surface area (Å²) in [6, 6.07) is 16.6. The lowest BCUT2D eigenvalue weighted by molar-refractivity contribution is 0.302. The van der Waals surface area contributed by atoms with Gasteiger partial charge in [-0.15, -0.1) is 6.58 Å². The molecule has 0 spiro atoms. The fourth-order valence-corrected chi connectivity index (χ4v) is 2.33. The van der Waals surface area contributed by atoms with Crippen molar-refractivity contribution in [2.24, 2.45) is 0 Å². The van der Waals surface area contributed by atoms with Crippen molar-refractivity contribution >= 4 is 0 Å². The Morgan fingerprint density at radius 3 is 2.38 bits per heavy atom. The standard InChI is InChI=1S/C19H23NO/c1-3-8-17-10-6-7-12-19(17)21-15-18-11-5-4-9-16(18)13-14-20-2/h3-7,9-12,20H,1,8,13-15H2,2H3. The zero-order chi connectivity index (χ0) is 14.9. The van der Waals surface area contributed by atoms with E-state index in [0.29, 0.717) is 6.61 Å². The highest BCUT2D eigenvalue weighted by Crippen LogP contribution is 2.21. The van der Waals surface area contributed by atoms with Crippen molar-refractivity contribution in [2.75, 3.05) is 13.6 Å². The Morgan fingerprint density at radius 2 is 1.67 bits per heavy atom. The van der Waals surface area contributed by atoms with E-state index in [9.17, 15) is 0 Å². The second-order valence-electron chi connectivity index (χ2n) is 5.01. The van der Waals surface area contributed by atoms with Crippen molar-refractivity contribution in [1.82, 2.24) is 5.32 Å². The van der Waals surface area contributed by atoms with Crippen molar-refractivity contribution in [1.29, 1.82) is 0 Å². The Balaban J connectivity index is 2.08. The number of hydrogen-bond acceptors (Lipinski definition) is 2. The van der Waals surface area contributed by atoms with Gasteiger partial charge in [-0.05, 0) is 49.2 Å². The lowest BCUT2D eigenvalue weighted by atomic mass is 10.1. The van der Waals surface area contributed by atoms with E-state index >= 15 is 0 Å². The Morgan fingerprint density at radius 1 is 1.00 bits per heavy atom. The molecule has 2 aromatic carbocycles. The molecule has 2 aromatic rings. The second-order valence-corrected chi connectivity index (χ2v) is 5.01. The van der Waals surface area contributed by atoms with Crippen LogP contribution in [0.4, 0.5) is 0 Å². The van der Waals surface area contributed by atoms with Gasteiger partial charge in [0.1, 0.15) is 12.4 Å². The fourth-order valence-electron chi connectivity index (χ4n) is 2.33. The van der Waals surface area contributed by atoms with Gasteiger partial charge < -0.3 is 10.1 Å². The van der Waals surface area contributed by atoms with Crippen LogP contribution in [0.25, 0.3) is 0 Å². The van der Waals surface area contributed by atoms with Gasteiger partial charge >= 0.3 is 0 Å². The number of likely N-dealkylation sites (N-methyl/N-ethyl adjacent to an activating group) is 1. The first kappa shape index (κ1) is 15.3. The first-order valence-electron chi connectivity index (χ1n) is 7.38. The Hall–Kier alpha value is -2.06. The van der Waals surface area contributed by atoms with Crippen LogP contribution >= 0.6 is 0 Å². The number of allylic oxidation sites excluding steroid dienone is 1. The van der Waals surface area contributed by atoms with Crippen LogP contribution in [0.2, 0.25) is 0 Å². The van der Waals surface area contributed by atoms with Crippen molar-refractivity contribution in [3.05, 3.63) is 77.9 Å². The van der Waals surface area contributed by atoms with E-state index in [2.05, 4.69) is 42.2 Å². The fraction of sp³-hybridized carbons (Fsp3) is 0.263. The molecule has 2 rings (SSSR count). The van der Waals surface area contributed by atoms with Gasteiger partial charge in [-0.25, -0.2) is 0 Å². The molecule has 0 heterocycles. The predicted octanol–water partition coefficient (Wildman–Crippen LogP) is 3.76. The average Bonchev–Trinajstić information content (AvgIpc) is 2.53. The third-order valence-corrected chi connectivity index (χ3v) is 3.48. The van der Waals surface area contributed by atoms with Gasteiger partial charge in [0.05, 0.1) is 0 Å². The molecule has 1 N–H and O–H groups in total. The molecular formula is C19H23NO. The minimum absolute atomic E-state index is 0.605. The van der Waals surface area contributed by atoms with Crippen molar-refractivity contribution < 1.29 is 4.74 Å². The van der Waals surface area contributed by atoms with Crippen LogP contribution in [0.3, 0.4) is 0 Å². The predicted molar refractivity (Wildman–Crippen MR) is 88.7 cm³/mol. The topological polar surface area (TPSA) is 21.3 Å². The van der Waals surface area contributed by atoms with Crippen LogP contribution in [0.1, 0.15) is 16.7 Å². The minimum atomic E-state index is 0.605.